The summed E-state index contributed by atoms with van der Waals surface area (Å²) in [4.78, 5) is 10.4. The molecule has 1 heterocycles. The molecule has 0 unspecified atom stereocenters. The lowest BCUT2D eigenvalue weighted by molar-refractivity contribution is -0.137. The van der Waals surface area contributed by atoms with Gasteiger partial charge in [0, 0.05) is 19.4 Å². The van der Waals surface area contributed by atoms with E-state index >= 15 is 0 Å². The minimum Gasteiger partial charge on any atom is -0.481 e. The van der Waals surface area contributed by atoms with Gasteiger partial charge in [0.05, 0.1) is 0 Å². The van der Waals surface area contributed by atoms with Crippen molar-refractivity contribution >= 4 is 5.97 Å². The maximum Gasteiger partial charge on any atom is 0.303 e. The molecule has 5 nitrogen and oxygen atoms in total. The van der Waals surface area contributed by atoms with Crippen LogP contribution in [0, 0.1) is 6.92 Å². The number of carboxylic acids is 1. The van der Waals surface area contributed by atoms with Gasteiger partial charge in [-0.1, -0.05) is 6.92 Å². The first kappa shape index (κ1) is 12.7. The van der Waals surface area contributed by atoms with Gasteiger partial charge in [-0.3, -0.25) is 4.79 Å². The van der Waals surface area contributed by atoms with Crippen molar-refractivity contribution in [3.05, 3.63) is 11.6 Å². The van der Waals surface area contributed by atoms with E-state index < -0.39 is 5.97 Å². The van der Waals surface area contributed by atoms with Crippen molar-refractivity contribution in [3.8, 4) is 0 Å². The predicted molar refractivity (Wildman–Crippen MR) is 60.2 cm³/mol. The number of hydrogen-bond acceptors (Lipinski definition) is 3. The molecule has 0 atom stereocenters. The molecule has 1 N–H and O–H groups in total. The van der Waals surface area contributed by atoms with Crippen molar-refractivity contribution in [1.82, 2.24) is 14.8 Å². The first-order valence-electron chi connectivity index (χ1n) is 5.75. The molecule has 0 saturated heterocycles. The molecule has 1 aromatic heterocycles. The minimum absolute atomic E-state index is 0.237. The van der Waals surface area contributed by atoms with Crippen molar-refractivity contribution in [2.45, 2.75) is 52.5 Å². The quantitative estimate of drug-likeness (QED) is 0.718. The molecule has 0 amide bonds. The SMILES string of the molecule is CCCn1c(C)nnc1CCCCC(=O)O. The summed E-state index contributed by atoms with van der Waals surface area (Å²) in [5, 5.41) is 16.7. The highest BCUT2D eigenvalue weighted by atomic mass is 16.4. The summed E-state index contributed by atoms with van der Waals surface area (Å²) < 4.78 is 2.11. The zero-order chi connectivity index (χ0) is 12.0. The summed E-state index contributed by atoms with van der Waals surface area (Å²) >= 11 is 0. The number of aromatic nitrogens is 3. The maximum absolute atomic E-state index is 10.4. The monoisotopic (exact) mass is 225 g/mol. The van der Waals surface area contributed by atoms with Gasteiger partial charge in [-0.25, -0.2) is 0 Å². The number of hydrogen-bond donors (Lipinski definition) is 1. The lowest BCUT2D eigenvalue weighted by Crippen LogP contribution is -2.05. The van der Waals surface area contributed by atoms with Gasteiger partial charge in [0.1, 0.15) is 11.6 Å². The Labute approximate surface area is 95.5 Å². The van der Waals surface area contributed by atoms with E-state index in [0.717, 1.165) is 37.5 Å². The minimum atomic E-state index is -0.730. The lowest BCUT2D eigenvalue weighted by Gasteiger charge is -2.06. The molecule has 0 spiro atoms. The Hall–Kier alpha value is -1.39. The Balaban J connectivity index is 2.43. The zero-order valence-electron chi connectivity index (χ0n) is 9.94. The molecule has 5 heteroatoms. The van der Waals surface area contributed by atoms with Gasteiger partial charge in [0.25, 0.3) is 0 Å². The zero-order valence-corrected chi connectivity index (χ0v) is 9.94. The molecule has 16 heavy (non-hydrogen) atoms. The summed E-state index contributed by atoms with van der Waals surface area (Å²) in [6.45, 7) is 5.00. The Kier molecular flexibility index (Phi) is 4.95. The van der Waals surface area contributed by atoms with E-state index in [2.05, 4.69) is 21.7 Å². The van der Waals surface area contributed by atoms with E-state index in [1.807, 2.05) is 6.92 Å². The first-order chi connectivity index (χ1) is 7.65. The Morgan fingerprint density at radius 1 is 1.38 bits per heavy atom. The number of carboxylic acid groups (broad SMARTS) is 1. The van der Waals surface area contributed by atoms with Crippen molar-refractivity contribution in [1.29, 1.82) is 0 Å². The van der Waals surface area contributed by atoms with Crippen LogP contribution in [-0.2, 0) is 17.8 Å². The highest BCUT2D eigenvalue weighted by molar-refractivity contribution is 5.66. The second-order valence-corrected chi connectivity index (χ2v) is 3.92. The van der Waals surface area contributed by atoms with Crippen LogP contribution in [0.4, 0.5) is 0 Å². The van der Waals surface area contributed by atoms with Crippen molar-refractivity contribution in [3.63, 3.8) is 0 Å². The van der Waals surface area contributed by atoms with E-state index in [1.54, 1.807) is 0 Å². The number of nitrogens with zero attached hydrogens (tertiary/aromatic N) is 3. The summed E-state index contributed by atoms with van der Waals surface area (Å²) in [5.74, 6) is 1.19. The summed E-state index contributed by atoms with van der Waals surface area (Å²) in [6.07, 6.45) is 3.66. The molecule has 0 saturated carbocycles. The van der Waals surface area contributed by atoms with Gasteiger partial charge < -0.3 is 9.67 Å². The van der Waals surface area contributed by atoms with Crippen LogP contribution in [0.2, 0.25) is 0 Å². The molecule has 1 rings (SSSR count). The molecule has 1 aromatic rings. The number of aryl methyl sites for hydroxylation is 2. The summed E-state index contributed by atoms with van der Waals surface area (Å²) in [6, 6.07) is 0. The Morgan fingerprint density at radius 2 is 2.12 bits per heavy atom. The highest BCUT2D eigenvalue weighted by Crippen LogP contribution is 2.07. The summed E-state index contributed by atoms with van der Waals surface area (Å²) in [7, 11) is 0. The molecule has 0 fully saturated rings. The van der Waals surface area contributed by atoms with E-state index in [-0.39, 0.29) is 6.42 Å². The standard InChI is InChI=1S/C11H19N3O2/c1-3-8-14-9(2)12-13-10(14)6-4-5-7-11(15)16/h3-8H2,1-2H3,(H,15,16). The Morgan fingerprint density at radius 3 is 2.75 bits per heavy atom. The van der Waals surface area contributed by atoms with Gasteiger partial charge >= 0.3 is 5.97 Å². The fourth-order valence-electron chi connectivity index (χ4n) is 1.68. The molecule has 90 valence electrons. The average Bonchev–Trinajstić information content (AvgIpc) is 2.56. The van der Waals surface area contributed by atoms with Gasteiger partial charge in [-0.2, -0.15) is 0 Å². The van der Waals surface area contributed by atoms with Crippen LogP contribution in [0.3, 0.4) is 0 Å². The van der Waals surface area contributed by atoms with E-state index in [1.165, 1.54) is 0 Å². The lowest BCUT2D eigenvalue weighted by atomic mass is 10.2. The van der Waals surface area contributed by atoms with Crippen LogP contribution in [-0.4, -0.2) is 25.8 Å². The molecule has 0 aromatic carbocycles. The molecular formula is C11H19N3O2. The van der Waals surface area contributed by atoms with E-state index in [4.69, 9.17) is 5.11 Å². The molecule has 0 radical (unpaired) electrons. The van der Waals surface area contributed by atoms with Crippen LogP contribution >= 0.6 is 0 Å². The third-order valence-corrected chi connectivity index (χ3v) is 2.50. The number of aliphatic carboxylic acids is 1. The van der Waals surface area contributed by atoms with Crippen molar-refractivity contribution in [2.75, 3.05) is 0 Å². The third-order valence-electron chi connectivity index (χ3n) is 2.50. The molecule has 0 aliphatic heterocycles. The normalized spacial score (nSPS) is 10.6. The van der Waals surface area contributed by atoms with Gasteiger partial charge in [-0.15, -0.1) is 10.2 Å². The number of unbranched alkanes of at least 4 members (excludes halogenated alkanes) is 1. The molecular weight excluding hydrogens is 206 g/mol. The largest absolute Gasteiger partial charge is 0.481 e. The predicted octanol–water partition coefficient (Wildman–Crippen LogP) is 1.79. The fourth-order valence-corrected chi connectivity index (χ4v) is 1.68. The number of rotatable bonds is 7. The highest BCUT2D eigenvalue weighted by Gasteiger charge is 2.07. The van der Waals surface area contributed by atoms with Crippen LogP contribution in [0.25, 0.3) is 0 Å². The second kappa shape index (κ2) is 6.25. The van der Waals surface area contributed by atoms with Gasteiger partial charge in [-0.05, 0) is 26.2 Å². The topological polar surface area (TPSA) is 68.0 Å². The maximum atomic E-state index is 10.4. The molecule has 0 aliphatic rings. The van der Waals surface area contributed by atoms with Crippen molar-refractivity contribution in [2.24, 2.45) is 0 Å². The average molecular weight is 225 g/mol. The molecule has 0 bridgehead atoms. The van der Waals surface area contributed by atoms with Gasteiger partial charge in [0.15, 0.2) is 0 Å². The van der Waals surface area contributed by atoms with Crippen molar-refractivity contribution < 1.29 is 9.90 Å². The number of carbonyl (C=O) groups is 1. The van der Waals surface area contributed by atoms with Crippen LogP contribution in [0.1, 0.15) is 44.3 Å². The smallest absolute Gasteiger partial charge is 0.303 e. The summed E-state index contributed by atoms with van der Waals surface area (Å²) in [5.41, 5.74) is 0. The van der Waals surface area contributed by atoms with Crippen LogP contribution in [0.15, 0.2) is 0 Å². The Bertz CT molecular complexity index is 347. The fraction of sp³-hybridized carbons (Fsp3) is 0.727. The van der Waals surface area contributed by atoms with Crippen LogP contribution in [0.5, 0.6) is 0 Å². The van der Waals surface area contributed by atoms with E-state index in [9.17, 15) is 4.79 Å². The second-order valence-electron chi connectivity index (χ2n) is 3.92. The first-order valence-corrected chi connectivity index (χ1v) is 5.75. The van der Waals surface area contributed by atoms with Crippen LogP contribution < -0.4 is 0 Å². The third kappa shape index (κ3) is 3.64. The molecule has 0 aliphatic carbocycles. The van der Waals surface area contributed by atoms with Gasteiger partial charge in [0.2, 0.25) is 0 Å². The van der Waals surface area contributed by atoms with E-state index in [0.29, 0.717) is 6.42 Å².